The predicted octanol–water partition coefficient (Wildman–Crippen LogP) is 3.61. The van der Waals surface area contributed by atoms with E-state index >= 15 is 0 Å². The Bertz CT molecular complexity index is 936. The van der Waals surface area contributed by atoms with Crippen molar-refractivity contribution in [1.82, 2.24) is 25.4 Å². The summed E-state index contributed by atoms with van der Waals surface area (Å²) in [6, 6.07) is 16.8. The minimum Gasteiger partial charge on any atom is -0.357 e. The normalized spacial score (nSPS) is 14.7. The van der Waals surface area contributed by atoms with Gasteiger partial charge in [0.15, 0.2) is 5.96 Å². The van der Waals surface area contributed by atoms with Crippen molar-refractivity contribution < 1.29 is 0 Å². The van der Waals surface area contributed by atoms with Crippen molar-refractivity contribution in [2.45, 2.75) is 32.4 Å². The topological polar surface area (TPSA) is 70.4 Å². The average molecular weight is 531 g/mol. The van der Waals surface area contributed by atoms with Crippen molar-refractivity contribution >= 4 is 35.8 Å². The van der Waals surface area contributed by atoms with E-state index in [0.717, 1.165) is 55.5 Å². The van der Waals surface area contributed by atoms with Crippen LogP contribution in [0.2, 0.25) is 0 Å². The molecule has 0 bridgehead atoms. The lowest BCUT2D eigenvalue weighted by Gasteiger charge is -2.33. The van der Waals surface area contributed by atoms with Crippen molar-refractivity contribution in [1.29, 1.82) is 0 Å². The molecule has 0 unspecified atom stereocenters. The summed E-state index contributed by atoms with van der Waals surface area (Å²) in [5, 5.41) is 11.3. The third-order valence-electron chi connectivity index (χ3n) is 5.25. The van der Waals surface area contributed by atoms with E-state index in [1.54, 1.807) is 6.20 Å². The fourth-order valence-electron chi connectivity index (χ4n) is 3.70. The third-order valence-corrected chi connectivity index (χ3v) is 5.25. The molecule has 0 radical (unpaired) electrons. The molecule has 2 aromatic heterocycles. The van der Waals surface area contributed by atoms with E-state index in [4.69, 9.17) is 4.99 Å². The monoisotopic (exact) mass is 531 g/mol. The van der Waals surface area contributed by atoms with Gasteiger partial charge in [-0.25, -0.2) is 14.7 Å². The zero-order valence-corrected chi connectivity index (χ0v) is 20.1. The fraction of sp³-hybridized carbons (Fsp3) is 0.348. The highest BCUT2D eigenvalue weighted by Crippen LogP contribution is 2.17. The molecule has 0 amide bonds. The van der Waals surface area contributed by atoms with Crippen LogP contribution in [-0.2, 0) is 6.54 Å². The molecule has 4 rings (SSSR count). The van der Waals surface area contributed by atoms with Gasteiger partial charge in [0.25, 0.3) is 0 Å². The highest BCUT2D eigenvalue weighted by atomic mass is 127. The number of aliphatic imine (C=N–C) groups is 1. The molecular weight excluding hydrogens is 501 g/mol. The molecule has 1 aliphatic rings. The maximum absolute atomic E-state index is 4.82. The fourth-order valence-corrected chi connectivity index (χ4v) is 3.70. The number of anilines is 1. The van der Waals surface area contributed by atoms with Crippen molar-refractivity contribution in [3.8, 4) is 5.69 Å². The van der Waals surface area contributed by atoms with Gasteiger partial charge in [-0.2, -0.15) is 5.10 Å². The standard InChI is InChI=1S/C23H29N7.HI/c1-2-24-23(26-18-19-7-5-8-21(17-19)30-14-6-13-27-30)28-20-10-15-29(16-11-20)22-9-3-4-12-25-22;/h3-9,12-14,17,20H,2,10-11,15-16,18H2,1H3,(H2,24,26,28);1H. The van der Waals surface area contributed by atoms with Crippen LogP contribution in [0.4, 0.5) is 5.82 Å². The van der Waals surface area contributed by atoms with Gasteiger partial charge in [-0.3, -0.25) is 0 Å². The van der Waals surface area contributed by atoms with Gasteiger partial charge in [0.2, 0.25) is 0 Å². The molecule has 31 heavy (non-hydrogen) atoms. The Morgan fingerprint density at radius 1 is 1.10 bits per heavy atom. The van der Waals surface area contributed by atoms with E-state index in [1.165, 1.54) is 0 Å². The molecule has 0 atom stereocenters. The number of nitrogens with zero attached hydrogens (tertiary/aromatic N) is 5. The van der Waals surface area contributed by atoms with Crippen molar-refractivity contribution in [3.05, 3.63) is 72.7 Å². The van der Waals surface area contributed by atoms with Crippen LogP contribution in [0.25, 0.3) is 5.69 Å². The highest BCUT2D eigenvalue weighted by molar-refractivity contribution is 14.0. The van der Waals surface area contributed by atoms with Crippen LogP contribution in [0.5, 0.6) is 0 Å². The van der Waals surface area contributed by atoms with E-state index in [0.29, 0.717) is 12.6 Å². The van der Waals surface area contributed by atoms with Crippen molar-refractivity contribution in [2.24, 2.45) is 4.99 Å². The minimum absolute atomic E-state index is 0. The third kappa shape index (κ3) is 6.43. The number of nitrogens with one attached hydrogen (secondary N) is 2. The summed E-state index contributed by atoms with van der Waals surface area (Å²) in [6.07, 6.45) is 7.73. The number of piperidine rings is 1. The zero-order chi connectivity index (χ0) is 20.6. The molecule has 0 spiro atoms. The molecule has 164 valence electrons. The van der Waals surface area contributed by atoms with Crippen LogP contribution in [-0.4, -0.2) is 46.4 Å². The van der Waals surface area contributed by atoms with Gasteiger partial charge < -0.3 is 15.5 Å². The molecule has 2 N–H and O–H groups in total. The van der Waals surface area contributed by atoms with Crippen LogP contribution in [0.15, 0.2) is 72.1 Å². The predicted molar refractivity (Wildman–Crippen MR) is 136 cm³/mol. The molecule has 3 heterocycles. The van der Waals surface area contributed by atoms with Crippen LogP contribution in [0, 0.1) is 0 Å². The second kappa shape index (κ2) is 11.7. The van der Waals surface area contributed by atoms with Gasteiger partial charge in [-0.1, -0.05) is 18.2 Å². The number of guanidine groups is 1. The first-order valence-electron chi connectivity index (χ1n) is 10.6. The summed E-state index contributed by atoms with van der Waals surface area (Å²) >= 11 is 0. The minimum atomic E-state index is 0. The molecule has 1 aromatic carbocycles. The van der Waals surface area contributed by atoms with E-state index in [9.17, 15) is 0 Å². The van der Waals surface area contributed by atoms with Gasteiger partial charge >= 0.3 is 0 Å². The summed E-state index contributed by atoms with van der Waals surface area (Å²) < 4.78 is 1.87. The summed E-state index contributed by atoms with van der Waals surface area (Å²) in [7, 11) is 0. The lowest BCUT2D eigenvalue weighted by Crippen LogP contribution is -2.48. The van der Waals surface area contributed by atoms with Gasteiger partial charge in [0.1, 0.15) is 5.82 Å². The second-order valence-electron chi connectivity index (χ2n) is 7.41. The van der Waals surface area contributed by atoms with Crippen LogP contribution in [0.3, 0.4) is 0 Å². The van der Waals surface area contributed by atoms with E-state index < -0.39 is 0 Å². The summed E-state index contributed by atoms with van der Waals surface area (Å²) in [6.45, 7) is 5.56. The number of hydrogen-bond donors (Lipinski definition) is 2. The first-order chi connectivity index (χ1) is 14.8. The SMILES string of the molecule is CCNC(=NCc1cccc(-n2cccn2)c1)NC1CCN(c2ccccn2)CC1.I. The maximum Gasteiger partial charge on any atom is 0.191 e. The number of pyridine rings is 1. The van der Waals surface area contributed by atoms with E-state index in [1.807, 2.05) is 35.3 Å². The Hall–Kier alpha value is -2.62. The van der Waals surface area contributed by atoms with Gasteiger partial charge in [0, 0.05) is 44.3 Å². The van der Waals surface area contributed by atoms with Crippen LogP contribution < -0.4 is 15.5 Å². The summed E-state index contributed by atoms with van der Waals surface area (Å²) in [4.78, 5) is 11.6. The smallest absolute Gasteiger partial charge is 0.191 e. The molecule has 1 saturated heterocycles. The largest absolute Gasteiger partial charge is 0.357 e. The molecule has 0 saturated carbocycles. The summed E-state index contributed by atoms with van der Waals surface area (Å²) in [5.41, 5.74) is 2.21. The Labute approximate surface area is 201 Å². The average Bonchev–Trinajstić information content (AvgIpc) is 3.34. The Balaban J connectivity index is 0.00000272. The lowest BCUT2D eigenvalue weighted by atomic mass is 10.1. The first kappa shape index (κ1) is 23.1. The number of halogens is 1. The van der Waals surface area contributed by atoms with Crippen LogP contribution in [0.1, 0.15) is 25.3 Å². The number of rotatable bonds is 6. The Morgan fingerprint density at radius 3 is 2.68 bits per heavy atom. The molecular formula is C23H30IN7. The molecule has 1 aliphatic heterocycles. The van der Waals surface area contributed by atoms with Crippen LogP contribution >= 0.6 is 24.0 Å². The number of aromatic nitrogens is 3. The van der Waals surface area contributed by atoms with Crippen molar-refractivity contribution in [2.75, 3.05) is 24.5 Å². The van der Waals surface area contributed by atoms with Gasteiger partial charge in [-0.15, -0.1) is 24.0 Å². The quantitative estimate of drug-likeness (QED) is 0.289. The Kier molecular flexibility index (Phi) is 8.69. The number of hydrogen-bond acceptors (Lipinski definition) is 4. The van der Waals surface area contributed by atoms with Crippen molar-refractivity contribution in [3.63, 3.8) is 0 Å². The Morgan fingerprint density at radius 2 is 1.97 bits per heavy atom. The second-order valence-corrected chi connectivity index (χ2v) is 7.41. The molecule has 7 nitrogen and oxygen atoms in total. The molecule has 8 heteroatoms. The molecule has 1 fully saturated rings. The first-order valence-corrected chi connectivity index (χ1v) is 10.6. The molecule has 3 aromatic rings. The van der Waals surface area contributed by atoms with Gasteiger partial charge in [-0.05, 0) is 55.7 Å². The molecule has 0 aliphatic carbocycles. The van der Waals surface area contributed by atoms with Gasteiger partial charge in [0.05, 0.1) is 12.2 Å². The number of benzene rings is 1. The zero-order valence-electron chi connectivity index (χ0n) is 17.8. The highest BCUT2D eigenvalue weighted by Gasteiger charge is 2.20. The summed E-state index contributed by atoms with van der Waals surface area (Å²) in [5.74, 6) is 1.94. The maximum atomic E-state index is 4.82. The van der Waals surface area contributed by atoms with E-state index in [-0.39, 0.29) is 24.0 Å². The lowest BCUT2D eigenvalue weighted by molar-refractivity contribution is 0.459. The van der Waals surface area contributed by atoms with E-state index in [2.05, 4.69) is 62.9 Å².